The number of carbonyl (C=O) groups excluding carboxylic acids is 2. The first-order valence-electron chi connectivity index (χ1n) is 9.27. The summed E-state index contributed by atoms with van der Waals surface area (Å²) in [5, 5.41) is 11.7. The summed E-state index contributed by atoms with van der Waals surface area (Å²) in [6.07, 6.45) is 3.03. The third kappa shape index (κ3) is 4.88. The molecule has 1 heterocycles. The summed E-state index contributed by atoms with van der Waals surface area (Å²) in [7, 11) is 0. The number of aromatic carboxylic acids is 1. The summed E-state index contributed by atoms with van der Waals surface area (Å²) >= 11 is 0. The van der Waals surface area contributed by atoms with E-state index in [0.717, 1.165) is 11.1 Å². The van der Waals surface area contributed by atoms with Crippen molar-refractivity contribution in [3.63, 3.8) is 0 Å². The van der Waals surface area contributed by atoms with E-state index in [0.29, 0.717) is 16.9 Å². The number of carbonyl (C=O) groups is 3. The monoisotopic (exact) mass is 403 g/mol. The quantitative estimate of drug-likeness (QED) is 0.654. The van der Waals surface area contributed by atoms with E-state index in [4.69, 9.17) is 5.11 Å². The largest absolute Gasteiger partial charge is 0.478 e. The first-order valence-corrected chi connectivity index (χ1v) is 9.27. The van der Waals surface area contributed by atoms with E-state index in [1.54, 1.807) is 24.4 Å². The van der Waals surface area contributed by atoms with Crippen LogP contribution in [0.1, 0.15) is 31.8 Å². The van der Waals surface area contributed by atoms with Crippen molar-refractivity contribution in [1.29, 1.82) is 0 Å². The van der Waals surface area contributed by atoms with Gasteiger partial charge in [-0.15, -0.1) is 0 Å². The summed E-state index contributed by atoms with van der Waals surface area (Å²) in [6, 6.07) is 14.7. The minimum Gasteiger partial charge on any atom is -0.478 e. The Labute approximate surface area is 174 Å². The van der Waals surface area contributed by atoms with Crippen LogP contribution in [0.5, 0.6) is 0 Å². The van der Waals surface area contributed by atoms with Gasteiger partial charge in [-0.05, 0) is 73.5 Å². The minimum absolute atomic E-state index is 0.122. The van der Waals surface area contributed by atoms with E-state index < -0.39 is 11.9 Å². The van der Waals surface area contributed by atoms with Gasteiger partial charge in [-0.1, -0.05) is 6.07 Å². The van der Waals surface area contributed by atoms with E-state index in [2.05, 4.69) is 10.3 Å². The number of rotatable bonds is 6. The molecule has 3 aromatic rings. The van der Waals surface area contributed by atoms with Crippen LogP contribution in [0.25, 0.3) is 0 Å². The lowest BCUT2D eigenvalue weighted by molar-refractivity contribution is -0.114. The number of benzene rings is 2. The summed E-state index contributed by atoms with van der Waals surface area (Å²) in [4.78, 5) is 42.1. The fourth-order valence-corrected chi connectivity index (χ4v) is 2.86. The molecule has 0 aliphatic rings. The van der Waals surface area contributed by atoms with Crippen LogP contribution in [-0.2, 0) is 4.79 Å². The Morgan fingerprint density at radius 3 is 2.30 bits per heavy atom. The van der Waals surface area contributed by atoms with E-state index in [1.807, 2.05) is 26.0 Å². The Balaban J connectivity index is 1.84. The van der Waals surface area contributed by atoms with Crippen molar-refractivity contribution >= 4 is 29.2 Å². The van der Waals surface area contributed by atoms with E-state index in [-0.39, 0.29) is 18.0 Å². The third-order valence-corrected chi connectivity index (χ3v) is 4.67. The number of aryl methyl sites for hydroxylation is 2. The number of aromatic nitrogens is 1. The Morgan fingerprint density at radius 2 is 1.70 bits per heavy atom. The molecule has 0 saturated carbocycles. The first-order chi connectivity index (χ1) is 14.3. The van der Waals surface area contributed by atoms with Gasteiger partial charge in [0.1, 0.15) is 6.54 Å². The predicted octanol–water partition coefficient (Wildman–Crippen LogP) is 3.68. The highest BCUT2D eigenvalue weighted by molar-refractivity contribution is 6.10. The number of pyridine rings is 1. The Kier molecular flexibility index (Phi) is 6.22. The number of nitrogens with one attached hydrogen (secondary N) is 1. The number of amides is 2. The molecule has 0 fully saturated rings. The average Bonchev–Trinajstić information content (AvgIpc) is 2.74. The van der Waals surface area contributed by atoms with Gasteiger partial charge in [0, 0.05) is 23.8 Å². The zero-order valence-corrected chi connectivity index (χ0v) is 16.6. The van der Waals surface area contributed by atoms with Gasteiger partial charge in [0.25, 0.3) is 5.91 Å². The van der Waals surface area contributed by atoms with Gasteiger partial charge < -0.3 is 10.4 Å². The molecule has 2 N–H and O–H groups in total. The van der Waals surface area contributed by atoms with Gasteiger partial charge >= 0.3 is 5.97 Å². The highest BCUT2D eigenvalue weighted by atomic mass is 16.4. The second-order valence-corrected chi connectivity index (χ2v) is 6.83. The van der Waals surface area contributed by atoms with Crippen molar-refractivity contribution in [3.05, 3.63) is 89.2 Å². The van der Waals surface area contributed by atoms with Crippen molar-refractivity contribution in [2.75, 3.05) is 16.8 Å². The lowest BCUT2D eigenvalue weighted by Gasteiger charge is -2.23. The zero-order valence-electron chi connectivity index (χ0n) is 16.6. The Morgan fingerprint density at radius 1 is 0.967 bits per heavy atom. The van der Waals surface area contributed by atoms with Gasteiger partial charge in [0.15, 0.2) is 0 Å². The maximum atomic E-state index is 13.1. The lowest BCUT2D eigenvalue weighted by atomic mass is 10.1. The highest BCUT2D eigenvalue weighted by Crippen LogP contribution is 2.21. The number of carboxylic acid groups (broad SMARTS) is 1. The number of hydrogen-bond donors (Lipinski definition) is 2. The molecule has 2 amide bonds. The average molecular weight is 403 g/mol. The molecule has 0 radical (unpaired) electrons. The SMILES string of the molecule is Cc1ccc(N(CC(=O)Nc2ccc(C(=O)O)cc2)C(=O)c2cccnc2)cc1C. The van der Waals surface area contributed by atoms with Crippen LogP contribution in [-0.4, -0.2) is 34.4 Å². The molecule has 30 heavy (non-hydrogen) atoms. The smallest absolute Gasteiger partial charge is 0.335 e. The van der Waals surface area contributed by atoms with Crippen molar-refractivity contribution in [2.24, 2.45) is 0 Å². The molecule has 0 bridgehead atoms. The van der Waals surface area contributed by atoms with E-state index in [1.165, 1.54) is 35.4 Å². The number of nitrogens with zero attached hydrogens (tertiary/aromatic N) is 2. The molecular formula is C23H21N3O4. The molecule has 3 rings (SSSR count). The van der Waals surface area contributed by atoms with Gasteiger partial charge in [0.05, 0.1) is 11.1 Å². The predicted molar refractivity (Wildman–Crippen MR) is 114 cm³/mol. The molecule has 7 nitrogen and oxygen atoms in total. The third-order valence-electron chi connectivity index (χ3n) is 4.67. The van der Waals surface area contributed by atoms with Crippen LogP contribution < -0.4 is 10.2 Å². The van der Waals surface area contributed by atoms with E-state index in [9.17, 15) is 14.4 Å². The molecule has 1 aromatic heterocycles. The van der Waals surface area contributed by atoms with Crippen LogP contribution in [0.15, 0.2) is 67.0 Å². The van der Waals surface area contributed by atoms with E-state index >= 15 is 0 Å². The second kappa shape index (κ2) is 9.00. The van der Waals surface area contributed by atoms with Crippen LogP contribution in [0, 0.1) is 13.8 Å². The van der Waals surface area contributed by atoms with Crippen LogP contribution in [0.3, 0.4) is 0 Å². The van der Waals surface area contributed by atoms with Crippen molar-refractivity contribution < 1.29 is 19.5 Å². The second-order valence-electron chi connectivity index (χ2n) is 6.83. The molecule has 0 unspecified atom stereocenters. The maximum Gasteiger partial charge on any atom is 0.335 e. The maximum absolute atomic E-state index is 13.1. The molecule has 0 aliphatic carbocycles. The Hall–Kier alpha value is -4.00. The lowest BCUT2D eigenvalue weighted by Crippen LogP contribution is -2.38. The molecule has 0 spiro atoms. The molecule has 0 aliphatic heterocycles. The molecule has 0 saturated heterocycles. The molecule has 2 aromatic carbocycles. The van der Waals surface area contributed by atoms with Crippen molar-refractivity contribution in [2.45, 2.75) is 13.8 Å². The summed E-state index contributed by atoms with van der Waals surface area (Å²) in [6.45, 7) is 3.70. The molecule has 7 heteroatoms. The zero-order chi connectivity index (χ0) is 21.7. The first kappa shape index (κ1) is 20.7. The molecule has 0 atom stereocenters. The summed E-state index contributed by atoms with van der Waals surface area (Å²) in [5.74, 6) is -1.80. The fraction of sp³-hybridized carbons (Fsp3) is 0.130. The molecular weight excluding hydrogens is 382 g/mol. The normalized spacial score (nSPS) is 10.3. The number of anilines is 2. The standard InChI is InChI=1S/C23H21N3O4/c1-15-5-10-20(12-16(15)2)26(22(28)18-4-3-11-24-13-18)14-21(27)25-19-8-6-17(7-9-19)23(29)30/h3-13H,14H2,1-2H3,(H,25,27)(H,29,30). The summed E-state index contributed by atoms with van der Waals surface area (Å²) < 4.78 is 0. The number of hydrogen-bond acceptors (Lipinski definition) is 4. The number of carboxylic acids is 1. The van der Waals surface area contributed by atoms with Crippen LogP contribution in [0.2, 0.25) is 0 Å². The van der Waals surface area contributed by atoms with Crippen LogP contribution in [0.4, 0.5) is 11.4 Å². The molecule has 152 valence electrons. The Bertz CT molecular complexity index is 1080. The fourth-order valence-electron chi connectivity index (χ4n) is 2.86. The van der Waals surface area contributed by atoms with Gasteiger partial charge in [-0.3, -0.25) is 19.5 Å². The van der Waals surface area contributed by atoms with Crippen molar-refractivity contribution in [1.82, 2.24) is 4.98 Å². The van der Waals surface area contributed by atoms with Gasteiger partial charge in [-0.2, -0.15) is 0 Å². The summed E-state index contributed by atoms with van der Waals surface area (Å²) in [5.41, 5.74) is 3.62. The minimum atomic E-state index is -1.05. The highest BCUT2D eigenvalue weighted by Gasteiger charge is 2.21. The van der Waals surface area contributed by atoms with Crippen LogP contribution >= 0.6 is 0 Å². The van der Waals surface area contributed by atoms with Crippen molar-refractivity contribution in [3.8, 4) is 0 Å². The van der Waals surface area contributed by atoms with Gasteiger partial charge in [-0.25, -0.2) is 4.79 Å². The van der Waals surface area contributed by atoms with Gasteiger partial charge in [0.2, 0.25) is 5.91 Å². The topological polar surface area (TPSA) is 99.6 Å².